The van der Waals surface area contributed by atoms with Gasteiger partial charge in [-0.3, -0.25) is 4.79 Å². The molecule has 0 saturated heterocycles. The predicted octanol–water partition coefficient (Wildman–Crippen LogP) is 2.45. The standard InChI is InChI=1S/C15H23NO2/c1-5-10-16-12-14(3)8-6-7-13(2)9-11-18-15(4)17/h1,8-9,16H,6-7,10-12H2,2-4H3/b13-9+,14-8+. The Hall–Kier alpha value is -1.53. The van der Waals surface area contributed by atoms with E-state index in [1.807, 2.05) is 13.0 Å². The van der Waals surface area contributed by atoms with Gasteiger partial charge in [-0.05, 0) is 32.8 Å². The zero-order valence-electron chi connectivity index (χ0n) is 11.6. The fraction of sp³-hybridized carbons (Fsp3) is 0.533. The maximum absolute atomic E-state index is 10.6. The molecule has 0 aliphatic rings. The second-order valence-corrected chi connectivity index (χ2v) is 4.25. The van der Waals surface area contributed by atoms with Crippen LogP contribution in [0.4, 0.5) is 0 Å². The summed E-state index contributed by atoms with van der Waals surface area (Å²) in [6.07, 6.45) is 11.3. The van der Waals surface area contributed by atoms with Crippen LogP contribution in [0, 0.1) is 12.3 Å². The highest BCUT2D eigenvalue weighted by Gasteiger charge is 1.93. The SMILES string of the molecule is C#CCNC/C(C)=C/CC/C(C)=C/COC(C)=O. The summed E-state index contributed by atoms with van der Waals surface area (Å²) in [6, 6.07) is 0. The summed E-state index contributed by atoms with van der Waals surface area (Å²) in [4.78, 5) is 10.6. The van der Waals surface area contributed by atoms with Crippen molar-refractivity contribution in [3.05, 3.63) is 23.3 Å². The summed E-state index contributed by atoms with van der Waals surface area (Å²) in [5.41, 5.74) is 2.52. The van der Waals surface area contributed by atoms with Crippen molar-refractivity contribution in [2.75, 3.05) is 19.7 Å². The van der Waals surface area contributed by atoms with Gasteiger partial charge in [0.2, 0.25) is 0 Å². The van der Waals surface area contributed by atoms with Crippen LogP contribution in [0.25, 0.3) is 0 Å². The predicted molar refractivity (Wildman–Crippen MR) is 75.1 cm³/mol. The fourth-order valence-corrected chi connectivity index (χ4v) is 1.35. The highest BCUT2D eigenvalue weighted by atomic mass is 16.5. The molecule has 0 aliphatic heterocycles. The minimum Gasteiger partial charge on any atom is -0.462 e. The van der Waals surface area contributed by atoms with Crippen molar-refractivity contribution in [3.63, 3.8) is 0 Å². The molecule has 3 nitrogen and oxygen atoms in total. The molecule has 0 atom stereocenters. The zero-order valence-corrected chi connectivity index (χ0v) is 11.6. The zero-order chi connectivity index (χ0) is 13.8. The van der Waals surface area contributed by atoms with E-state index in [2.05, 4.69) is 24.2 Å². The Balaban J connectivity index is 3.77. The average molecular weight is 249 g/mol. The van der Waals surface area contributed by atoms with Gasteiger partial charge in [0, 0.05) is 13.5 Å². The largest absolute Gasteiger partial charge is 0.462 e. The molecule has 0 fully saturated rings. The monoisotopic (exact) mass is 249 g/mol. The molecule has 0 aromatic carbocycles. The third-order valence-corrected chi connectivity index (χ3v) is 2.38. The van der Waals surface area contributed by atoms with Gasteiger partial charge in [0.15, 0.2) is 0 Å². The Kier molecular flexibility index (Phi) is 9.71. The molecule has 0 spiro atoms. The highest BCUT2D eigenvalue weighted by molar-refractivity contribution is 5.66. The van der Waals surface area contributed by atoms with Gasteiger partial charge >= 0.3 is 5.97 Å². The number of hydrogen-bond acceptors (Lipinski definition) is 3. The van der Waals surface area contributed by atoms with Crippen molar-refractivity contribution in [1.29, 1.82) is 0 Å². The van der Waals surface area contributed by atoms with Gasteiger partial charge in [-0.15, -0.1) is 6.42 Å². The lowest BCUT2D eigenvalue weighted by atomic mass is 10.1. The second kappa shape index (κ2) is 10.6. The van der Waals surface area contributed by atoms with Crippen molar-refractivity contribution < 1.29 is 9.53 Å². The number of allylic oxidation sites excluding steroid dienone is 2. The summed E-state index contributed by atoms with van der Waals surface area (Å²) in [6.45, 7) is 7.35. The van der Waals surface area contributed by atoms with E-state index in [1.54, 1.807) is 0 Å². The number of rotatable bonds is 8. The maximum atomic E-state index is 10.6. The van der Waals surface area contributed by atoms with Gasteiger partial charge in [-0.25, -0.2) is 0 Å². The second-order valence-electron chi connectivity index (χ2n) is 4.25. The minimum absolute atomic E-state index is 0.241. The average Bonchev–Trinajstić information content (AvgIpc) is 2.29. The Morgan fingerprint density at radius 1 is 1.28 bits per heavy atom. The number of carbonyl (C=O) groups excluding carboxylic acids is 1. The highest BCUT2D eigenvalue weighted by Crippen LogP contribution is 2.06. The lowest BCUT2D eigenvalue weighted by Crippen LogP contribution is -2.15. The first-order valence-corrected chi connectivity index (χ1v) is 6.15. The van der Waals surface area contributed by atoms with E-state index in [0.717, 1.165) is 19.4 Å². The fourth-order valence-electron chi connectivity index (χ4n) is 1.35. The number of carbonyl (C=O) groups is 1. The van der Waals surface area contributed by atoms with E-state index in [4.69, 9.17) is 11.2 Å². The van der Waals surface area contributed by atoms with Crippen molar-refractivity contribution in [2.24, 2.45) is 0 Å². The van der Waals surface area contributed by atoms with Gasteiger partial charge in [0.05, 0.1) is 6.54 Å². The summed E-state index contributed by atoms with van der Waals surface area (Å²) in [5.74, 6) is 2.30. The van der Waals surface area contributed by atoms with Crippen molar-refractivity contribution in [3.8, 4) is 12.3 Å². The van der Waals surface area contributed by atoms with Crippen molar-refractivity contribution >= 4 is 5.97 Å². The van der Waals surface area contributed by atoms with Gasteiger partial charge in [0.1, 0.15) is 6.61 Å². The topological polar surface area (TPSA) is 38.3 Å². The van der Waals surface area contributed by atoms with Crippen LogP contribution in [0.3, 0.4) is 0 Å². The summed E-state index contributed by atoms with van der Waals surface area (Å²) >= 11 is 0. The van der Waals surface area contributed by atoms with Crippen LogP contribution in [0.5, 0.6) is 0 Å². The van der Waals surface area contributed by atoms with Crippen LogP contribution in [-0.2, 0) is 9.53 Å². The minimum atomic E-state index is -0.241. The smallest absolute Gasteiger partial charge is 0.302 e. The molecule has 100 valence electrons. The molecular formula is C15H23NO2. The molecule has 0 radical (unpaired) electrons. The maximum Gasteiger partial charge on any atom is 0.302 e. The van der Waals surface area contributed by atoms with Crippen LogP contribution in [0.1, 0.15) is 33.6 Å². The molecule has 1 N–H and O–H groups in total. The number of terminal acetylenes is 1. The Morgan fingerprint density at radius 3 is 2.61 bits per heavy atom. The third kappa shape index (κ3) is 11.0. The molecule has 0 aliphatic carbocycles. The van der Waals surface area contributed by atoms with Crippen LogP contribution >= 0.6 is 0 Å². The third-order valence-electron chi connectivity index (χ3n) is 2.38. The number of esters is 1. The van der Waals surface area contributed by atoms with E-state index in [-0.39, 0.29) is 5.97 Å². The number of nitrogens with one attached hydrogen (secondary N) is 1. The van der Waals surface area contributed by atoms with E-state index in [0.29, 0.717) is 13.2 Å². The molecule has 0 rings (SSSR count). The lowest BCUT2D eigenvalue weighted by molar-refractivity contribution is -0.139. The van der Waals surface area contributed by atoms with Gasteiger partial charge in [-0.2, -0.15) is 0 Å². The summed E-state index contributed by atoms with van der Waals surface area (Å²) in [7, 11) is 0. The lowest BCUT2D eigenvalue weighted by Gasteiger charge is -2.03. The first kappa shape index (κ1) is 16.5. The van der Waals surface area contributed by atoms with Crippen molar-refractivity contribution in [2.45, 2.75) is 33.6 Å². The number of hydrogen-bond donors (Lipinski definition) is 1. The first-order chi connectivity index (χ1) is 8.56. The normalized spacial score (nSPS) is 12.1. The van der Waals surface area contributed by atoms with Crippen LogP contribution in [0.2, 0.25) is 0 Å². The Labute approximate surface area is 110 Å². The summed E-state index contributed by atoms with van der Waals surface area (Å²) in [5, 5.41) is 3.14. The van der Waals surface area contributed by atoms with Crippen LogP contribution in [0.15, 0.2) is 23.3 Å². The molecule has 0 heterocycles. The van der Waals surface area contributed by atoms with Crippen LogP contribution < -0.4 is 5.32 Å². The number of ether oxygens (including phenoxy) is 1. The van der Waals surface area contributed by atoms with Gasteiger partial charge in [-0.1, -0.05) is 23.1 Å². The summed E-state index contributed by atoms with van der Waals surface area (Å²) < 4.78 is 4.85. The molecule has 0 saturated carbocycles. The first-order valence-electron chi connectivity index (χ1n) is 6.15. The molecular weight excluding hydrogens is 226 g/mol. The molecule has 0 bridgehead atoms. The van der Waals surface area contributed by atoms with Gasteiger partial charge < -0.3 is 10.1 Å². The molecule has 0 aromatic heterocycles. The molecule has 0 aromatic rings. The van der Waals surface area contributed by atoms with Gasteiger partial charge in [0.25, 0.3) is 0 Å². The Bertz CT molecular complexity index is 348. The quantitative estimate of drug-likeness (QED) is 0.311. The molecule has 0 amide bonds. The molecule has 3 heteroatoms. The van der Waals surface area contributed by atoms with E-state index >= 15 is 0 Å². The molecule has 0 unspecified atom stereocenters. The Morgan fingerprint density at radius 2 is 2.00 bits per heavy atom. The van der Waals surface area contributed by atoms with E-state index in [1.165, 1.54) is 18.1 Å². The van der Waals surface area contributed by atoms with Crippen molar-refractivity contribution in [1.82, 2.24) is 5.32 Å². The molecule has 18 heavy (non-hydrogen) atoms. The van der Waals surface area contributed by atoms with E-state index < -0.39 is 0 Å². The van der Waals surface area contributed by atoms with Crippen LogP contribution in [-0.4, -0.2) is 25.7 Å². The van der Waals surface area contributed by atoms with E-state index in [9.17, 15) is 4.79 Å².